The van der Waals surface area contributed by atoms with Crippen LogP contribution in [0, 0.1) is 6.92 Å². The average molecular weight is 447 g/mol. The zero-order chi connectivity index (χ0) is 22.5. The van der Waals surface area contributed by atoms with Crippen molar-refractivity contribution >= 4 is 33.4 Å². The van der Waals surface area contributed by atoms with Gasteiger partial charge < -0.3 is 14.0 Å². The Kier molecular flexibility index (Phi) is 6.47. The summed E-state index contributed by atoms with van der Waals surface area (Å²) in [7, 11) is 0. The molecule has 1 heterocycles. The molecule has 1 amide bonds. The molecule has 1 aromatic heterocycles. The molecule has 4 rings (SSSR count). The van der Waals surface area contributed by atoms with E-state index in [9.17, 15) is 9.59 Å². The monoisotopic (exact) mass is 446 g/mol. The van der Waals surface area contributed by atoms with Gasteiger partial charge in [-0.25, -0.2) is 0 Å². The van der Waals surface area contributed by atoms with Crippen molar-refractivity contribution in [2.75, 3.05) is 6.61 Å². The summed E-state index contributed by atoms with van der Waals surface area (Å²) in [4.78, 5) is 30.2. The molecular formula is C25H22N2O4S. The van der Waals surface area contributed by atoms with Crippen LogP contribution < -0.4 is 9.54 Å². The predicted molar refractivity (Wildman–Crippen MR) is 124 cm³/mol. The number of rotatable bonds is 6. The number of nitrogens with zero attached hydrogens (tertiary/aromatic N) is 2. The van der Waals surface area contributed by atoms with Crippen LogP contribution in [0.2, 0.25) is 0 Å². The summed E-state index contributed by atoms with van der Waals surface area (Å²) in [6.07, 6.45) is 0. The lowest BCUT2D eigenvalue weighted by Gasteiger charge is -2.09. The summed E-state index contributed by atoms with van der Waals surface area (Å²) in [6, 6.07) is 22.1. The molecule has 0 saturated heterocycles. The maximum absolute atomic E-state index is 13.2. The van der Waals surface area contributed by atoms with Gasteiger partial charge in [0.25, 0.3) is 5.91 Å². The van der Waals surface area contributed by atoms with Gasteiger partial charge >= 0.3 is 5.97 Å². The topological polar surface area (TPSA) is 69.9 Å². The Morgan fingerprint density at radius 2 is 1.72 bits per heavy atom. The van der Waals surface area contributed by atoms with Gasteiger partial charge in [0.15, 0.2) is 4.80 Å². The van der Waals surface area contributed by atoms with Gasteiger partial charge in [-0.1, -0.05) is 53.8 Å². The molecule has 0 aliphatic rings. The van der Waals surface area contributed by atoms with E-state index in [1.165, 1.54) is 11.3 Å². The largest absolute Gasteiger partial charge is 0.465 e. The molecule has 0 bridgehead atoms. The molecule has 6 nitrogen and oxygen atoms in total. The Morgan fingerprint density at radius 3 is 2.50 bits per heavy atom. The molecule has 4 aromatic rings. The third-order valence-electron chi connectivity index (χ3n) is 4.78. The van der Waals surface area contributed by atoms with Crippen molar-refractivity contribution in [3.05, 3.63) is 88.7 Å². The van der Waals surface area contributed by atoms with Crippen LogP contribution in [0.3, 0.4) is 0 Å². The molecular weight excluding hydrogens is 424 g/mol. The Labute approximate surface area is 189 Å². The second-order valence-corrected chi connectivity index (χ2v) is 8.03. The number of thiazole rings is 1. The fourth-order valence-corrected chi connectivity index (χ4v) is 4.48. The highest BCUT2D eigenvalue weighted by molar-refractivity contribution is 7.16. The second kappa shape index (κ2) is 9.62. The van der Waals surface area contributed by atoms with E-state index in [-0.39, 0.29) is 19.1 Å². The van der Waals surface area contributed by atoms with E-state index < -0.39 is 5.91 Å². The molecule has 0 aliphatic heterocycles. The first kappa shape index (κ1) is 21.5. The molecule has 7 heteroatoms. The molecule has 0 spiro atoms. The zero-order valence-corrected chi connectivity index (χ0v) is 18.6. The second-order valence-electron chi connectivity index (χ2n) is 7.03. The number of hydrogen-bond acceptors (Lipinski definition) is 5. The number of carbonyl (C=O) groups is 2. The molecule has 0 atom stereocenters. The highest BCUT2D eigenvalue weighted by Crippen LogP contribution is 2.26. The molecule has 32 heavy (non-hydrogen) atoms. The Morgan fingerprint density at radius 1 is 0.969 bits per heavy atom. The quantitative estimate of drug-likeness (QED) is 0.386. The molecule has 3 aromatic carbocycles. The van der Waals surface area contributed by atoms with Gasteiger partial charge in [0.05, 0.1) is 22.4 Å². The smallest absolute Gasteiger partial charge is 0.326 e. The summed E-state index contributed by atoms with van der Waals surface area (Å²) in [5.74, 6) is 0.222. The van der Waals surface area contributed by atoms with E-state index in [0.717, 1.165) is 15.8 Å². The molecule has 162 valence electrons. The van der Waals surface area contributed by atoms with Crippen LogP contribution in [0.4, 0.5) is 0 Å². The average Bonchev–Trinajstić information content (AvgIpc) is 3.13. The molecule has 0 saturated carbocycles. The first-order valence-electron chi connectivity index (χ1n) is 10.2. The van der Waals surface area contributed by atoms with E-state index in [0.29, 0.717) is 21.9 Å². The number of benzene rings is 3. The van der Waals surface area contributed by atoms with Gasteiger partial charge in [-0.15, -0.1) is 0 Å². The minimum Gasteiger partial charge on any atom is -0.465 e. The van der Waals surface area contributed by atoms with Gasteiger partial charge in [-0.05, 0) is 49.7 Å². The Bertz CT molecular complexity index is 1340. The molecule has 0 radical (unpaired) electrons. The number of esters is 1. The summed E-state index contributed by atoms with van der Waals surface area (Å²) in [5, 5.41) is 0. The van der Waals surface area contributed by atoms with Gasteiger partial charge in [-0.2, -0.15) is 4.99 Å². The number of fused-ring (bicyclic) bond motifs is 1. The number of amides is 1. The van der Waals surface area contributed by atoms with Gasteiger partial charge in [0.1, 0.15) is 18.0 Å². The third kappa shape index (κ3) is 4.63. The number of aromatic nitrogens is 1. The van der Waals surface area contributed by atoms with E-state index in [1.807, 2.05) is 55.5 Å². The lowest BCUT2D eigenvalue weighted by molar-refractivity contribution is -0.143. The first-order valence-corrected chi connectivity index (χ1v) is 11.0. The van der Waals surface area contributed by atoms with Crippen molar-refractivity contribution in [3.8, 4) is 11.5 Å². The van der Waals surface area contributed by atoms with Crippen molar-refractivity contribution in [2.45, 2.75) is 20.4 Å². The van der Waals surface area contributed by atoms with E-state index >= 15 is 0 Å². The minimum absolute atomic E-state index is 0.0209. The molecule has 0 aliphatic carbocycles. The minimum atomic E-state index is -0.446. The summed E-state index contributed by atoms with van der Waals surface area (Å²) >= 11 is 1.36. The van der Waals surface area contributed by atoms with Crippen molar-refractivity contribution in [2.24, 2.45) is 4.99 Å². The highest BCUT2D eigenvalue weighted by atomic mass is 32.1. The standard InChI is InChI=1S/C25H22N2O4S/c1-3-30-22(28)16-27-23-17(2)10-9-15-21(23)32-25(27)26-24(29)19-13-7-8-14-20(19)31-18-11-5-4-6-12-18/h4-15H,3,16H2,1-2H3. The van der Waals surface area contributed by atoms with Crippen molar-refractivity contribution < 1.29 is 19.1 Å². The van der Waals surface area contributed by atoms with E-state index in [1.54, 1.807) is 35.8 Å². The van der Waals surface area contributed by atoms with Crippen LogP contribution in [0.25, 0.3) is 10.2 Å². The third-order valence-corrected chi connectivity index (χ3v) is 5.82. The van der Waals surface area contributed by atoms with Crippen LogP contribution in [0.15, 0.2) is 77.8 Å². The normalized spacial score (nSPS) is 11.5. The van der Waals surface area contributed by atoms with Crippen LogP contribution >= 0.6 is 11.3 Å². The summed E-state index contributed by atoms with van der Waals surface area (Å²) in [5.41, 5.74) is 2.20. The van der Waals surface area contributed by atoms with Crippen molar-refractivity contribution in [1.29, 1.82) is 0 Å². The number of ether oxygens (including phenoxy) is 2. The fraction of sp³-hybridized carbons (Fsp3) is 0.160. The molecule has 0 unspecified atom stereocenters. The lowest BCUT2D eigenvalue weighted by Crippen LogP contribution is -2.23. The fourth-order valence-electron chi connectivity index (χ4n) is 3.37. The number of para-hydroxylation sites is 3. The lowest BCUT2D eigenvalue weighted by atomic mass is 10.2. The number of aryl methyl sites for hydroxylation is 1. The Hall–Kier alpha value is -3.71. The van der Waals surface area contributed by atoms with E-state index in [2.05, 4.69) is 4.99 Å². The van der Waals surface area contributed by atoms with Gasteiger partial charge in [0, 0.05) is 0 Å². The van der Waals surface area contributed by atoms with Crippen molar-refractivity contribution in [3.63, 3.8) is 0 Å². The van der Waals surface area contributed by atoms with Crippen LogP contribution in [0.5, 0.6) is 11.5 Å². The summed E-state index contributed by atoms with van der Waals surface area (Å²) in [6.45, 7) is 3.99. The maximum atomic E-state index is 13.2. The SMILES string of the molecule is CCOC(=O)Cn1c(=NC(=O)c2ccccc2Oc2ccccc2)sc2cccc(C)c21. The first-order chi connectivity index (χ1) is 15.6. The van der Waals surface area contributed by atoms with Crippen LogP contribution in [-0.2, 0) is 16.1 Å². The number of carbonyl (C=O) groups excluding carboxylic acids is 2. The Balaban J connectivity index is 1.78. The highest BCUT2D eigenvalue weighted by Gasteiger charge is 2.16. The van der Waals surface area contributed by atoms with Crippen molar-refractivity contribution in [1.82, 2.24) is 4.57 Å². The van der Waals surface area contributed by atoms with Crippen LogP contribution in [-0.4, -0.2) is 23.1 Å². The van der Waals surface area contributed by atoms with E-state index in [4.69, 9.17) is 9.47 Å². The molecule has 0 N–H and O–H groups in total. The zero-order valence-electron chi connectivity index (χ0n) is 17.8. The van der Waals surface area contributed by atoms with Gasteiger partial charge in [0.2, 0.25) is 0 Å². The maximum Gasteiger partial charge on any atom is 0.326 e. The van der Waals surface area contributed by atoms with Crippen LogP contribution in [0.1, 0.15) is 22.8 Å². The predicted octanol–water partition coefficient (Wildman–Crippen LogP) is 5.11. The summed E-state index contributed by atoms with van der Waals surface area (Å²) < 4.78 is 13.7. The molecule has 0 fully saturated rings. The van der Waals surface area contributed by atoms with Gasteiger partial charge in [-0.3, -0.25) is 9.59 Å². The number of hydrogen-bond donors (Lipinski definition) is 0.